The first kappa shape index (κ1) is 19.8. The Labute approximate surface area is 178 Å². The lowest BCUT2D eigenvalue weighted by molar-refractivity contribution is -0.118. The Morgan fingerprint density at radius 1 is 1.14 bits per heavy atom. The van der Waals surface area contributed by atoms with Gasteiger partial charge in [0.15, 0.2) is 11.5 Å². The van der Waals surface area contributed by atoms with Gasteiger partial charge in [0.1, 0.15) is 5.01 Å². The smallest absolute Gasteiger partial charge is 0.233 e. The molecule has 2 aromatic carbocycles. The van der Waals surface area contributed by atoms with E-state index in [1.807, 2.05) is 58.4 Å². The molecule has 0 atom stereocenters. The summed E-state index contributed by atoms with van der Waals surface area (Å²) in [6.45, 7) is 0.746. The van der Waals surface area contributed by atoms with E-state index >= 15 is 0 Å². The lowest BCUT2D eigenvalue weighted by atomic mass is 10.2. The molecule has 0 fully saturated rings. The number of anilines is 1. The highest BCUT2D eigenvalue weighted by Gasteiger charge is 2.22. The zero-order valence-electron chi connectivity index (χ0n) is 16.4. The Bertz CT molecular complexity index is 1020. The second-order valence-corrected chi connectivity index (χ2v) is 8.60. The van der Waals surface area contributed by atoms with Gasteiger partial charge >= 0.3 is 0 Å². The van der Waals surface area contributed by atoms with Crippen LogP contribution in [0.4, 0.5) is 5.69 Å². The third-order valence-electron chi connectivity index (χ3n) is 4.76. The number of hydrogen-bond donors (Lipinski definition) is 0. The Morgan fingerprint density at radius 2 is 1.97 bits per heavy atom. The predicted octanol–water partition coefficient (Wildman–Crippen LogP) is 4.90. The number of methoxy groups -OCH3 is 2. The molecule has 1 aliphatic rings. The lowest BCUT2D eigenvalue weighted by Gasteiger charge is -2.22. The van der Waals surface area contributed by atoms with Crippen LogP contribution < -0.4 is 14.4 Å². The van der Waals surface area contributed by atoms with Crippen LogP contribution in [-0.2, 0) is 11.2 Å². The van der Waals surface area contributed by atoms with Gasteiger partial charge in [-0.15, -0.1) is 23.1 Å². The van der Waals surface area contributed by atoms with Gasteiger partial charge in [-0.05, 0) is 42.5 Å². The Morgan fingerprint density at radius 3 is 2.79 bits per heavy atom. The Balaban J connectivity index is 1.53. The van der Waals surface area contributed by atoms with Crippen LogP contribution >= 0.6 is 23.1 Å². The van der Waals surface area contributed by atoms with E-state index in [0.29, 0.717) is 17.9 Å². The maximum Gasteiger partial charge on any atom is 0.233 e. The van der Waals surface area contributed by atoms with E-state index in [-0.39, 0.29) is 5.91 Å². The molecule has 0 unspecified atom stereocenters. The first-order valence-corrected chi connectivity index (χ1v) is 11.2. The van der Waals surface area contributed by atoms with Gasteiger partial charge in [-0.25, -0.2) is 4.98 Å². The van der Waals surface area contributed by atoms with Crippen LogP contribution in [0.15, 0.2) is 52.7 Å². The van der Waals surface area contributed by atoms with Crippen molar-refractivity contribution in [2.45, 2.75) is 17.7 Å². The van der Waals surface area contributed by atoms with E-state index in [0.717, 1.165) is 40.7 Å². The van der Waals surface area contributed by atoms with Crippen LogP contribution in [0.5, 0.6) is 11.5 Å². The number of aromatic nitrogens is 1. The van der Waals surface area contributed by atoms with Gasteiger partial charge in [0.05, 0.1) is 32.0 Å². The molecule has 0 aliphatic carbocycles. The molecule has 0 saturated heterocycles. The molecule has 3 aromatic rings. The van der Waals surface area contributed by atoms with Gasteiger partial charge in [-0.2, -0.15) is 0 Å². The number of amides is 1. The molecule has 1 aromatic heterocycles. The van der Waals surface area contributed by atoms with Crippen molar-refractivity contribution < 1.29 is 14.3 Å². The number of thioether (sulfide) groups is 1. The number of ether oxygens (including phenoxy) is 2. The molecule has 0 saturated carbocycles. The average molecular weight is 427 g/mol. The summed E-state index contributed by atoms with van der Waals surface area (Å²) in [5.41, 5.74) is 2.75. The molecule has 1 aliphatic heterocycles. The molecule has 0 radical (unpaired) electrons. The van der Waals surface area contributed by atoms with Crippen molar-refractivity contribution in [3.8, 4) is 22.1 Å². The molecule has 150 valence electrons. The first-order valence-electron chi connectivity index (χ1n) is 9.38. The summed E-state index contributed by atoms with van der Waals surface area (Å²) in [5, 5.41) is 2.82. The molecule has 0 spiro atoms. The third kappa shape index (κ3) is 4.26. The molecule has 1 amide bonds. The van der Waals surface area contributed by atoms with Crippen molar-refractivity contribution in [3.63, 3.8) is 0 Å². The van der Waals surface area contributed by atoms with E-state index < -0.39 is 0 Å². The summed E-state index contributed by atoms with van der Waals surface area (Å²) in [5.74, 6) is 2.46. The van der Waals surface area contributed by atoms with E-state index in [9.17, 15) is 4.79 Å². The van der Waals surface area contributed by atoms with Crippen molar-refractivity contribution in [1.82, 2.24) is 4.98 Å². The molecule has 0 bridgehead atoms. The van der Waals surface area contributed by atoms with Crippen LogP contribution in [0.1, 0.15) is 12.1 Å². The topological polar surface area (TPSA) is 51.7 Å². The fourth-order valence-electron chi connectivity index (χ4n) is 3.33. The van der Waals surface area contributed by atoms with Crippen molar-refractivity contribution in [2.24, 2.45) is 0 Å². The number of thiazole rings is 1. The van der Waals surface area contributed by atoms with Crippen LogP contribution in [0, 0.1) is 0 Å². The maximum atomic E-state index is 13.1. The molecular formula is C22H22N2O3S2. The zero-order chi connectivity index (χ0) is 20.2. The van der Waals surface area contributed by atoms with E-state index in [2.05, 4.69) is 6.07 Å². The highest BCUT2D eigenvalue weighted by molar-refractivity contribution is 7.99. The highest BCUT2D eigenvalue weighted by Crippen LogP contribution is 2.35. The fourth-order valence-corrected chi connectivity index (χ4v) is 5.14. The van der Waals surface area contributed by atoms with Gasteiger partial charge in [-0.1, -0.05) is 12.1 Å². The number of carbonyl (C=O) groups is 1. The molecule has 5 nitrogen and oxygen atoms in total. The molecule has 0 N–H and O–H groups in total. The molecule has 2 heterocycles. The van der Waals surface area contributed by atoms with Gasteiger partial charge in [0, 0.05) is 22.4 Å². The summed E-state index contributed by atoms with van der Waals surface area (Å²) < 4.78 is 10.7. The number of nitrogens with zero attached hydrogens (tertiary/aromatic N) is 2. The number of para-hydroxylation sites is 1. The number of fused-ring (bicyclic) bond motifs is 1. The molecule has 4 rings (SSSR count). The lowest BCUT2D eigenvalue weighted by Crippen LogP contribution is -2.33. The van der Waals surface area contributed by atoms with Gasteiger partial charge in [0.2, 0.25) is 5.91 Å². The van der Waals surface area contributed by atoms with E-state index in [4.69, 9.17) is 14.5 Å². The number of hydrogen-bond acceptors (Lipinski definition) is 6. The normalized spacial score (nSPS) is 13.5. The van der Waals surface area contributed by atoms with Gasteiger partial charge in [-0.3, -0.25) is 4.79 Å². The largest absolute Gasteiger partial charge is 0.493 e. The maximum absolute atomic E-state index is 13.1. The Hall–Kier alpha value is -2.51. The predicted molar refractivity (Wildman–Crippen MR) is 118 cm³/mol. The molecular weight excluding hydrogens is 404 g/mol. The summed E-state index contributed by atoms with van der Waals surface area (Å²) in [6, 6.07) is 13.9. The summed E-state index contributed by atoms with van der Waals surface area (Å²) in [4.78, 5) is 20.8. The van der Waals surface area contributed by atoms with E-state index in [1.165, 1.54) is 16.2 Å². The molecule has 29 heavy (non-hydrogen) atoms. The van der Waals surface area contributed by atoms with Crippen molar-refractivity contribution >= 4 is 34.7 Å². The van der Waals surface area contributed by atoms with Gasteiger partial charge < -0.3 is 14.4 Å². The SMILES string of the molecule is COc1ccc(-c2nc(CC(=O)N3CCCSc4ccccc43)cs2)cc1OC. The number of carbonyl (C=O) groups excluding carboxylic acids is 1. The second-order valence-electron chi connectivity index (χ2n) is 6.61. The second kappa shape index (κ2) is 8.88. The quantitative estimate of drug-likeness (QED) is 0.581. The van der Waals surface area contributed by atoms with Crippen LogP contribution in [-0.4, -0.2) is 37.4 Å². The third-order valence-corrected chi connectivity index (χ3v) is 6.84. The Kier molecular flexibility index (Phi) is 6.06. The van der Waals surface area contributed by atoms with Crippen LogP contribution in [0.3, 0.4) is 0 Å². The summed E-state index contributed by atoms with van der Waals surface area (Å²) >= 11 is 3.35. The first-order chi connectivity index (χ1) is 14.2. The zero-order valence-corrected chi connectivity index (χ0v) is 18.0. The van der Waals surface area contributed by atoms with Crippen LogP contribution in [0.2, 0.25) is 0 Å². The minimum Gasteiger partial charge on any atom is -0.493 e. The monoisotopic (exact) mass is 426 g/mol. The fraction of sp³-hybridized carbons (Fsp3) is 0.273. The van der Waals surface area contributed by atoms with Crippen molar-refractivity contribution in [2.75, 3.05) is 31.4 Å². The average Bonchev–Trinajstić information content (AvgIpc) is 3.10. The standard InChI is InChI=1S/C22H22N2O3S2/c1-26-18-9-8-15(12-19(18)27-2)22-23-16(14-29-22)13-21(25)24-10-5-11-28-20-7-4-3-6-17(20)24/h3-4,6-9,12,14H,5,10-11,13H2,1-2H3. The van der Waals surface area contributed by atoms with Crippen molar-refractivity contribution in [1.29, 1.82) is 0 Å². The number of benzene rings is 2. The highest BCUT2D eigenvalue weighted by atomic mass is 32.2. The summed E-state index contributed by atoms with van der Waals surface area (Å²) in [6.07, 6.45) is 1.28. The van der Waals surface area contributed by atoms with Gasteiger partial charge in [0.25, 0.3) is 0 Å². The summed E-state index contributed by atoms with van der Waals surface area (Å²) in [7, 11) is 3.23. The minimum atomic E-state index is 0.0871. The minimum absolute atomic E-state index is 0.0871. The van der Waals surface area contributed by atoms with E-state index in [1.54, 1.807) is 14.2 Å². The number of rotatable bonds is 5. The molecule has 7 heteroatoms. The van der Waals surface area contributed by atoms with Crippen molar-refractivity contribution in [3.05, 3.63) is 53.5 Å². The van der Waals surface area contributed by atoms with Crippen LogP contribution in [0.25, 0.3) is 10.6 Å².